The first-order chi connectivity index (χ1) is 9.60. The molecule has 1 aliphatic rings. The van der Waals surface area contributed by atoms with Gasteiger partial charge in [-0.25, -0.2) is 4.79 Å². The van der Waals surface area contributed by atoms with Crippen molar-refractivity contribution in [1.82, 2.24) is 4.90 Å². The van der Waals surface area contributed by atoms with Crippen LogP contribution in [0.5, 0.6) is 5.75 Å². The molecule has 1 N–H and O–H groups in total. The Morgan fingerprint density at radius 3 is 2.43 bits per heavy atom. The molecule has 1 aromatic carbocycles. The van der Waals surface area contributed by atoms with Crippen LogP contribution in [0, 0.1) is 0 Å². The Balaban J connectivity index is 2.28. The minimum atomic E-state index is -0.731. The van der Waals surface area contributed by atoms with Crippen molar-refractivity contribution in [3.63, 3.8) is 0 Å². The van der Waals surface area contributed by atoms with Crippen molar-refractivity contribution in [2.45, 2.75) is 52.0 Å². The summed E-state index contributed by atoms with van der Waals surface area (Å²) in [5.74, 6) is 0.195. The van der Waals surface area contributed by atoms with Gasteiger partial charge in [-0.2, -0.15) is 0 Å². The van der Waals surface area contributed by atoms with E-state index in [1.165, 1.54) is 0 Å². The van der Waals surface area contributed by atoms with Crippen molar-refractivity contribution in [3.8, 4) is 5.75 Å². The number of phenols is 1. The fraction of sp³-hybridized carbons (Fsp3) is 0.562. The van der Waals surface area contributed by atoms with Gasteiger partial charge in [0.1, 0.15) is 17.1 Å². The second-order valence-electron chi connectivity index (χ2n) is 6.72. The van der Waals surface area contributed by atoms with E-state index in [2.05, 4.69) is 0 Å². The maximum Gasteiger partial charge on any atom is 0.413 e. The first kappa shape index (κ1) is 15.6. The number of nitrogens with zero attached hydrogens (tertiary/aromatic N) is 1. The molecular weight excluding hydrogens is 270 g/mol. The highest BCUT2D eigenvalue weighted by atomic mass is 16.6. The minimum Gasteiger partial charge on any atom is -0.508 e. The molecule has 1 unspecified atom stereocenters. The summed E-state index contributed by atoms with van der Waals surface area (Å²) in [6.45, 7) is 9.60. The van der Waals surface area contributed by atoms with Crippen molar-refractivity contribution in [3.05, 3.63) is 29.8 Å². The van der Waals surface area contributed by atoms with Gasteiger partial charge >= 0.3 is 6.09 Å². The molecule has 1 fully saturated rings. The number of benzene rings is 1. The summed E-state index contributed by atoms with van der Waals surface area (Å²) < 4.78 is 11.2. The lowest BCUT2D eigenvalue weighted by atomic mass is 10.1. The molecule has 0 spiro atoms. The standard InChI is InChI=1S/C16H23NO4/c1-15(2,3)21-14(19)17-13(10-20-16(17,4)5)11-6-8-12(18)9-7-11/h6-9,13,18H,10H2,1-5H3. The van der Waals surface area contributed by atoms with Crippen LogP contribution in [-0.2, 0) is 9.47 Å². The lowest BCUT2D eigenvalue weighted by Crippen LogP contribution is -2.47. The van der Waals surface area contributed by atoms with E-state index in [9.17, 15) is 9.90 Å². The van der Waals surface area contributed by atoms with Gasteiger partial charge in [0.2, 0.25) is 0 Å². The average molecular weight is 293 g/mol. The number of aromatic hydroxyl groups is 1. The molecule has 1 saturated heterocycles. The fourth-order valence-electron chi connectivity index (χ4n) is 2.40. The van der Waals surface area contributed by atoms with Gasteiger partial charge in [-0.05, 0) is 52.3 Å². The normalized spacial score (nSPS) is 21.4. The highest BCUT2D eigenvalue weighted by Crippen LogP contribution is 2.38. The summed E-state index contributed by atoms with van der Waals surface area (Å²) in [7, 11) is 0. The van der Waals surface area contributed by atoms with Gasteiger partial charge in [-0.3, -0.25) is 4.90 Å². The highest BCUT2D eigenvalue weighted by Gasteiger charge is 2.46. The maximum atomic E-state index is 12.5. The molecule has 0 aliphatic carbocycles. The molecule has 1 aliphatic heterocycles. The van der Waals surface area contributed by atoms with Crippen LogP contribution in [0.15, 0.2) is 24.3 Å². The summed E-state index contributed by atoms with van der Waals surface area (Å²) in [5, 5.41) is 9.39. The molecule has 1 atom stereocenters. The molecule has 5 nitrogen and oxygen atoms in total. The Bertz CT molecular complexity index is 516. The van der Waals surface area contributed by atoms with E-state index in [1.807, 2.05) is 34.6 Å². The van der Waals surface area contributed by atoms with Gasteiger partial charge in [0.15, 0.2) is 0 Å². The van der Waals surface area contributed by atoms with Crippen LogP contribution in [0.2, 0.25) is 0 Å². The number of carbonyl (C=O) groups excluding carboxylic acids is 1. The Kier molecular flexibility index (Phi) is 3.89. The minimum absolute atomic E-state index is 0.195. The molecule has 1 aromatic rings. The predicted molar refractivity (Wildman–Crippen MR) is 79.0 cm³/mol. The molecular formula is C16H23NO4. The zero-order chi connectivity index (χ0) is 15.8. The van der Waals surface area contributed by atoms with Crippen molar-refractivity contribution in [2.24, 2.45) is 0 Å². The van der Waals surface area contributed by atoms with Crippen LogP contribution in [0.3, 0.4) is 0 Å². The van der Waals surface area contributed by atoms with Crippen molar-refractivity contribution >= 4 is 6.09 Å². The quantitative estimate of drug-likeness (QED) is 0.861. The number of hydrogen-bond donors (Lipinski definition) is 1. The molecule has 5 heteroatoms. The molecule has 21 heavy (non-hydrogen) atoms. The van der Waals surface area contributed by atoms with E-state index < -0.39 is 17.4 Å². The SMILES string of the molecule is CC(C)(C)OC(=O)N1C(c2ccc(O)cc2)COC1(C)C. The van der Waals surface area contributed by atoms with E-state index in [4.69, 9.17) is 9.47 Å². The van der Waals surface area contributed by atoms with Crippen LogP contribution in [0.1, 0.15) is 46.2 Å². The molecule has 0 radical (unpaired) electrons. The molecule has 1 amide bonds. The third-order valence-electron chi connectivity index (χ3n) is 3.35. The first-order valence-electron chi connectivity index (χ1n) is 7.05. The van der Waals surface area contributed by atoms with Crippen LogP contribution < -0.4 is 0 Å². The third-order valence-corrected chi connectivity index (χ3v) is 3.35. The Morgan fingerprint density at radius 2 is 1.90 bits per heavy atom. The second kappa shape index (κ2) is 5.22. The number of carbonyl (C=O) groups is 1. The van der Waals surface area contributed by atoms with E-state index in [0.717, 1.165) is 5.56 Å². The van der Waals surface area contributed by atoms with Crippen LogP contribution >= 0.6 is 0 Å². The van der Waals surface area contributed by atoms with E-state index >= 15 is 0 Å². The molecule has 0 saturated carbocycles. The van der Waals surface area contributed by atoms with Gasteiger partial charge in [0.05, 0.1) is 12.6 Å². The topological polar surface area (TPSA) is 59.0 Å². The van der Waals surface area contributed by atoms with E-state index in [-0.39, 0.29) is 11.8 Å². The molecule has 0 aromatic heterocycles. The van der Waals surface area contributed by atoms with Crippen LogP contribution in [0.25, 0.3) is 0 Å². The monoisotopic (exact) mass is 293 g/mol. The Hall–Kier alpha value is -1.75. The number of phenolic OH excluding ortho intramolecular Hbond substituents is 1. The van der Waals surface area contributed by atoms with Crippen LogP contribution in [-0.4, -0.2) is 34.0 Å². The zero-order valence-corrected chi connectivity index (χ0v) is 13.2. The molecule has 1 heterocycles. The summed E-state index contributed by atoms with van der Waals surface area (Å²) in [6.07, 6.45) is -0.400. The Labute approximate surface area is 125 Å². The van der Waals surface area contributed by atoms with Gasteiger partial charge in [0.25, 0.3) is 0 Å². The fourth-order valence-corrected chi connectivity index (χ4v) is 2.40. The van der Waals surface area contributed by atoms with Gasteiger partial charge in [-0.15, -0.1) is 0 Å². The second-order valence-corrected chi connectivity index (χ2v) is 6.72. The van der Waals surface area contributed by atoms with Gasteiger partial charge in [0, 0.05) is 0 Å². The summed E-state index contributed by atoms with van der Waals surface area (Å²) in [4.78, 5) is 14.1. The smallest absolute Gasteiger partial charge is 0.413 e. The highest BCUT2D eigenvalue weighted by molar-refractivity contribution is 5.70. The summed E-state index contributed by atoms with van der Waals surface area (Å²) >= 11 is 0. The van der Waals surface area contributed by atoms with Crippen molar-refractivity contribution in [1.29, 1.82) is 0 Å². The van der Waals surface area contributed by atoms with E-state index in [0.29, 0.717) is 6.61 Å². The summed E-state index contributed by atoms with van der Waals surface area (Å²) in [5.41, 5.74) is -0.385. The van der Waals surface area contributed by atoms with Crippen molar-refractivity contribution < 1.29 is 19.4 Å². The molecule has 0 bridgehead atoms. The molecule has 2 rings (SSSR count). The summed E-state index contributed by atoms with van der Waals surface area (Å²) in [6, 6.07) is 6.57. The van der Waals surface area contributed by atoms with Crippen molar-refractivity contribution in [2.75, 3.05) is 6.61 Å². The predicted octanol–water partition coefficient (Wildman–Crippen LogP) is 3.44. The number of hydrogen-bond acceptors (Lipinski definition) is 4. The lowest BCUT2D eigenvalue weighted by molar-refractivity contribution is -0.0626. The van der Waals surface area contributed by atoms with Crippen LogP contribution in [0.4, 0.5) is 4.79 Å². The number of rotatable bonds is 1. The van der Waals surface area contributed by atoms with Gasteiger partial charge in [-0.1, -0.05) is 12.1 Å². The largest absolute Gasteiger partial charge is 0.508 e. The number of amides is 1. The van der Waals surface area contributed by atoms with E-state index in [1.54, 1.807) is 29.2 Å². The average Bonchev–Trinajstić information content (AvgIpc) is 2.64. The van der Waals surface area contributed by atoms with Gasteiger partial charge < -0.3 is 14.6 Å². The Morgan fingerprint density at radius 1 is 1.33 bits per heavy atom. The molecule has 116 valence electrons. The lowest BCUT2D eigenvalue weighted by Gasteiger charge is -2.35. The first-order valence-corrected chi connectivity index (χ1v) is 7.05. The zero-order valence-electron chi connectivity index (χ0n) is 13.2. The number of ether oxygens (including phenoxy) is 2. The maximum absolute atomic E-state index is 12.5. The third kappa shape index (κ3) is 3.47.